The second-order valence-corrected chi connectivity index (χ2v) is 4.80. The molecule has 0 saturated heterocycles. The van der Waals surface area contributed by atoms with E-state index < -0.39 is 24.3 Å². The smallest absolute Gasteiger partial charge is 0.340 e. The lowest BCUT2D eigenvalue weighted by molar-refractivity contribution is -0.119. The molecule has 0 aliphatic rings. The minimum Gasteiger partial charge on any atom is -0.452 e. The van der Waals surface area contributed by atoms with E-state index in [1.54, 1.807) is 0 Å². The van der Waals surface area contributed by atoms with E-state index in [2.05, 4.69) is 5.32 Å². The summed E-state index contributed by atoms with van der Waals surface area (Å²) in [6, 6.07) is 9.70. The third kappa shape index (κ3) is 4.20. The maximum absolute atomic E-state index is 13.0. The van der Waals surface area contributed by atoms with Gasteiger partial charge in [-0.15, -0.1) is 0 Å². The second-order valence-electron chi connectivity index (χ2n) is 4.37. The number of hydrogen-bond acceptors (Lipinski definition) is 4. The zero-order valence-electron chi connectivity index (χ0n) is 11.3. The first kappa shape index (κ1) is 15.8. The third-order valence-corrected chi connectivity index (χ3v) is 2.91. The van der Waals surface area contributed by atoms with Gasteiger partial charge in [0.2, 0.25) is 0 Å². The monoisotopic (exact) mass is 322 g/mol. The quantitative estimate of drug-likeness (QED) is 0.670. The summed E-state index contributed by atoms with van der Waals surface area (Å²) in [4.78, 5) is 23.5. The molecule has 0 spiro atoms. The summed E-state index contributed by atoms with van der Waals surface area (Å²) < 4.78 is 17.8. The summed E-state index contributed by atoms with van der Waals surface area (Å²) in [7, 11) is 0. The Kier molecular flexibility index (Phi) is 4.95. The third-order valence-electron chi connectivity index (χ3n) is 2.68. The van der Waals surface area contributed by atoms with Crippen LogP contribution in [0.3, 0.4) is 0 Å². The van der Waals surface area contributed by atoms with Gasteiger partial charge in [0, 0.05) is 16.4 Å². The lowest BCUT2D eigenvalue weighted by Crippen LogP contribution is -2.21. The first-order valence-electron chi connectivity index (χ1n) is 6.23. The van der Waals surface area contributed by atoms with E-state index in [1.165, 1.54) is 36.4 Å². The van der Waals surface area contributed by atoms with Gasteiger partial charge in [0.1, 0.15) is 5.82 Å². The molecule has 0 atom stereocenters. The van der Waals surface area contributed by atoms with E-state index >= 15 is 0 Å². The standard InChI is InChI=1S/C15H12ClFN2O3/c16-9-4-5-13(18)12(6-9)15(21)22-8-14(20)19-11-3-1-2-10(17)7-11/h1-7H,8,18H2,(H,19,20). The molecule has 2 aromatic carbocycles. The van der Waals surface area contributed by atoms with Crippen LogP contribution < -0.4 is 11.1 Å². The van der Waals surface area contributed by atoms with Crippen molar-refractivity contribution in [1.29, 1.82) is 0 Å². The number of benzene rings is 2. The van der Waals surface area contributed by atoms with Crippen molar-refractivity contribution in [3.05, 3.63) is 58.9 Å². The Morgan fingerprint density at radius 3 is 2.73 bits per heavy atom. The number of esters is 1. The van der Waals surface area contributed by atoms with Crippen molar-refractivity contribution in [1.82, 2.24) is 0 Å². The Balaban J connectivity index is 1.93. The van der Waals surface area contributed by atoms with Crippen molar-refractivity contribution in [3.8, 4) is 0 Å². The van der Waals surface area contributed by atoms with Gasteiger partial charge in [-0.25, -0.2) is 9.18 Å². The maximum atomic E-state index is 13.0. The average Bonchev–Trinajstić information content (AvgIpc) is 2.47. The van der Waals surface area contributed by atoms with E-state index in [9.17, 15) is 14.0 Å². The SMILES string of the molecule is Nc1ccc(Cl)cc1C(=O)OCC(=O)Nc1cccc(F)c1. The van der Waals surface area contributed by atoms with E-state index in [1.807, 2.05) is 0 Å². The predicted octanol–water partition coefficient (Wildman–Crippen LogP) is 2.86. The first-order chi connectivity index (χ1) is 10.5. The van der Waals surface area contributed by atoms with Gasteiger partial charge in [-0.3, -0.25) is 4.79 Å². The molecule has 5 nitrogen and oxygen atoms in total. The fraction of sp³-hybridized carbons (Fsp3) is 0.0667. The molecule has 0 aromatic heterocycles. The Morgan fingerprint density at radius 1 is 1.23 bits per heavy atom. The lowest BCUT2D eigenvalue weighted by atomic mass is 10.2. The highest BCUT2D eigenvalue weighted by atomic mass is 35.5. The van der Waals surface area contributed by atoms with Crippen molar-refractivity contribution in [2.24, 2.45) is 0 Å². The van der Waals surface area contributed by atoms with Crippen LogP contribution in [0.15, 0.2) is 42.5 Å². The number of nitrogens with one attached hydrogen (secondary N) is 1. The minimum absolute atomic E-state index is 0.0751. The number of carbonyl (C=O) groups is 2. The molecular weight excluding hydrogens is 311 g/mol. The number of nitrogens with two attached hydrogens (primary N) is 1. The van der Waals surface area contributed by atoms with Crippen molar-refractivity contribution >= 4 is 34.9 Å². The topological polar surface area (TPSA) is 81.4 Å². The summed E-state index contributed by atoms with van der Waals surface area (Å²) in [6.45, 7) is -0.526. The van der Waals surface area contributed by atoms with E-state index in [4.69, 9.17) is 22.1 Å². The maximum Gasteiger partial charge on any atom is 0.340 e. The van der Waals surface area contributed by atoms with Crippen LogP contribution in [-0.4, -0.2) is 18.5 Å². The number of carbonyl (C=O) groups excluding carboxylic acids is 2. The van der Waals surface area contributed by atoms with Gasteiger partial charge >= 0.3 is 5.97 Å². The fourth-order valence-corrected chi connectivity index (χ4v) is 1.85. The zero-order chi connectivity index (χ0) is 16.1. The predicted molar refractivity (Wildman–Crippen MR) is 81.2 cm³/mol. The number of ether oxygens (including phenoxy) is 1. The number of anilines is 2. The molecular formula is C15H12ClFN2O3. The Labute approximate surface area is 130 Å². The summed E-state index contributed by atoms with van der Waals surface area (Å²) in [5, 5.41) is 2.73. The van der Waals surface area contributed by atoms with Crippen LogP contribution >= 0.6 is 11.6 Å². The summed E-state index contributed by atoms with van der Waals surface area (Å²) in [6.07, 6.45) is 0. The number of rotatable bonds is 4. The van der Waals surface area contributed by atoms with Gasteiger partial charge in [0.05, 0.1) is 5.56 Å². The molecule has 22 heavy (non-hydrogen) atoms. The number of nitrogen functional groups attached to an aromatic ring is 1. The van der Waals surface area contributed by atoms with Crippen molar-refractivity contribution in [2.45, 2.75) is 0 Å². The molecule has 0 saturated carbocycles. The van der Waals surface area contributed by atoms with Crippen LogP contribution in [-0.2, 0) is 9.53 Å². The Morgan fingerprint density at radius 2 is 2.00 bits per heavy atom. The molecule has 3 N–H and O–H groups in total. The fourth-order valence-electron chi connectivity index (χ4n) is 1.68. The molecule has 2 aromatic rings. The molecule has 2 rings (SSSR count). The second kappa shape index (κ2) is 6.91. The van der Waals surface area contributed by atoms with Crippen LogP contribution in [0.4, 0.5) is 15.8 Å². The lowest BCUT2D eigenvalue weighted by Gasteiger charge is -2.08. The van der Waals surface area contributed by atoms with Crippen LogP contribution in [0.2, 0.25) is 5.02 Å². The van der Waals surface area contributed by atoms with Gasteiger partial charge in [0.15, 0.2) is 6.61 Å². The molecule has 0 radical (unpaired) electrons. The summed E-state index contributed by atoms with van der Waals surface area (Å²) >= 11 is 5.77. The van der Waals surface area contributed by atoms with E-state index in [-0.39, 0.29) is 16.9 Å². The minimum atomic E-state index is -0.769. The van der Waals surface area contributed by atoms with Gasteiger partial charge < -0.3 is 15.8 Å². The molecule has 114 valence electrons. The summed E-state index contributed by atoms with van der Waals surface area (Å²) in [5.41, 5.74) is 6.17. The Hall–Kier alpha value is -2.60. The van der Waals surface area contributed by atoms with Crippen LogP contribution in [0.1, 0.15) is 10.4 Å². The molecule has 0 fully saturated rings. The van der Waals surface area contributed by atoms with Crippen molar-refractivity contribution < 1.29 is 18.7 Å². The molecule has 0 unspecified atom stereocenters. The highest BCUT2D eigenvalue weighted by Crippen LogP contribution is 2.18. The van der Waals surface area contributed by atoms with E-state index in [0.717, 1.165) is 6.07 Å². The molecule has 0 aliphatic carbocycles. The first-order valence-corrected chi connectivity index (χ1v) is 6.61. The number of amides is 1. The normalized spacial score (nSPS) is 10.1. The molecule has 1 amide bonds. The van der Waals surface area contributed by atoms with Crippen molar-refractivity contribution in [3.63, 3.8) is 0 Å². The molecule has 7 heteroatoms. The molecule has 0 bridgehead atoms. The summed E-state index contributed by atoms with van der Waals surface area (Å²) in [5.74, 6) is -1.85. The van der Waals surface area contributed by atoms with Crippen molar-refractivity contribution in [2.75, 3.05) is 17.7 Å². The van der Waals surface area contributed by atoms with Gasteiger partial charge in [-0.1, -0.05) is 17.7 Å². The highest BCUT2D eigenvalue weighted by Gasteiger charge is 2.14. The molecule has 0 aliphatic heterocycles. The van der Waals surface area contributed by atoms with Gasteiger partial charge in [-0.2, -0.15) is 0 Å². The largest absolute Gasteiger partial charge is 0.452 e. The van der Waals surface area contributed by atoms with Gasteiger partial charge in [-0.05, 0) is 36.4 Å². The van der Waals surface area contributed by atoms with Crippen LogP contribution in [0.5, 0.6) is 0 Å². The van der Waals surface area contributed by atoms with E-state index in [0.29, 0.717) is 5.02 Å². The average molecular weight is 323 g/mol. The Bertz CT molecular complexity index is 722. The zero-order valence-corrected chi connectivity index (χ0v) is 12.1. The molecule has 0 heterocycles. The van der Waals surface area contributed by atoms with Crippen LogP contribution in [0, 0.1) is 5.82 Å². The number of halogens is 2. The van der Waals surface area contributed by atoms with Crippen LogP contribution in [0.25, 0.3) is 0 Å². The van der Waals surface area contributed by atoms with Gasteiger partial charge in [0.25, 0.3) is 5.91 Å². The highest BCUT2D eigenvalue weighted by molar-refractivity contribution is 6.31. The number of hydrogen-bond donors (Lipinski definition) is 2.